The number of likely N-dealkylation sites (tertiary alicyclic amines) is 1. The average molecular weight is 307 g/mol. The van der Waals surface area contributed by atoms with Crippen LogP contribution in [0.25, 0.3) is 0 Å². The second kappa shape index (κ2) is 5.38. The van der Waals surface area contributed by atoms with Crippen molar-refractivity contribution in [2.45, 2.75) is 44.7 Å². The highest BCUT2D eigenvalue weighted by atomic mass is 16.3. The first-order valence-corrected chi connectivity index (χ1v) is 8.68. The lowest BCUT2D eigenvalue weighted by Gasteiger charge is -2.54. The number of hydrogen-bond acceptors (Lipinski definition) is 2. The molecular weight excluding hydrogens is 282 g/mol. The Bertz CT molecular complexity index is 711. The van der Waals surface area contributed by atoms with E-state index in [1.165, 1.54) is 16.7 Å². The number of piperidine rings is 1. The lowest BCUT2D eigenvalue weighted by Crippen LogP contribution is -2.57. The maximum atomic E-state index is 9.92. The summed E-state index contributed by atoms with van der Waals surface area (Å²) in [6.07, 6.45) is 2.26. The van der Waals surface area contributed by atoms with Crippen molar-refractivity contribution in [3.05, 3.63) is 65.2 Å². The van der Waals surface area contributed by atoms with E-state index < -0.39 is 0 Å². The molecule has 0 amide bonds. The van der Waals surface area contributed by atoms with Gasteiger partial charge in [-0.25, -0.2) is 0 Å². The number of phenols is 1. The molecule has 3 atom stereocenters. The van der Waals surface area contributed by atoms with Gasteiger partial charge in [0.2, 0.25) is 0 Å². The molecule has 1 heterocycles. The summed E-state index contributed by atoms with van der Waals surface area (Å²) < 4.78 is 0. The third-order valence-electron chi connectivity index (χ3n) is 6.34. The van der Waals surface area contributed by atoms with Gasteiger partial charge in [0.05, 0.1) is 0 Å². The van der Waals surface area contributed by atoms with Crippen LogP contribution >= 0.6 is 0 Å². The van der Waals surface area contributed by atoms with Crippen molar-refractivity contribution in [2.75, 3.05) is 6.54 Å². The number of aromatic hydroxyl groups is 1. The van der Waals surface area contributed by atoms with Gasteiger partial charge < -0.3 is 5.11 Å². The fraction of sp³-hybridized carbons (Fsp3) is 0.429. The molecule has 4 rings (SSSR count). The van der Waals surface area contributed by atoms with Crippen LogP contribution in [0.4, 0.5) is 0 Å². The van der Waals surface area contributed by atoms with Gasteiger partial charge >= 0.3 is 0 Å². The van der Waals surface area contributed by atoms with E-state index >= 15 is 0 Å². The number of fused-ring (bicyclic) bond motifs is 4. The second-order valence-corrected chi connectivity index (χ2v) is 7.53. The van der Waals surface area contributed by atoms with Crippen molar-refractivity contribution in [3.63, 3.8) is 0 Å². The van der Waals surface area contributed by atoms with Gasteiger partial charge in [-0.15, -0.1) is 0 Å². The van der Waals surface area contributed by atoms with Gasteiger partial charge in [-0.05, 0) is 59.5 Å². The van der Waals surface area contributed by atoms with Crippen molar-refractivity contribution < 1.29 is 5.11 Å². The van der Waals surface area contributed by atoms with E-state index in [-0.39, 0.29) is 5.41 Å². The monoisotopic (exact) mass is 307 g/mol. The minimum absolute atomic E-state index is 0.185. The quantitative estimate of drug-likeness (QED) is 0.902. The molecule has 1 N–H and O–H groups in total. The summed E-state index contributed by atoms with van der Waals surface area (Å²) in [5.74, 6) is 1.01. The van der Waals surface area contributed by atoms with Gasteiger partial charge in [0.1, 0.15) is 5.75 Å². The number of rotatable bonds is 2. The Morgan fingerprint density at radius 3 is 2.74 bits per heavy atom. The van der Waals surface area contributed by atoms with Crippen molar-refractivity contribution >= 4 is 0 Å². The van der Waals surface area contributed by atoms with Gasteiger partial charge in [0.25, 0.3) is 0 Å². The molecule has 0 aromatic heterocycles. The fourth-order valence-corrected chi connectivity index (χ4v) is 4.71. The highest BCUT2D eigenvalue weighted by Gasteiger charge is 2.48. The topological polar surface area (TPSA) is 23.5 Å². The number of benzene rings is 2. The van der Waals surface area contributed by atoms with E-state index in [0.717, 1.165) is 25.9 Å². The Labute approximate surface area is 138 Å². The number of phenolic OH excluding ortho intramolecular Hbond substituents is 1. The fourth-order valence-electron chi connectivity index (χ4n) is 4.71. The summed E-state index contributed by atoms with van der Waals surface area (Å²) in [6.45, 7) is 6.96. The van der Waals surface area contributed by atoms with Gasteiger partial charge in [0.15, 0.2) is 0 Å². The molecule has 2 nitrogen and oxygen atoms in total. The number of hydrogen-bond donors (Lipinski definition) is 1. The van der Waals surface area contributed by atoms with Crippen LogP contribution in [0.1, 0.15) is 37.0 Å². The minimum atomic E-state index is 0.185. The molecule has 1 saturated heterocycles. The van der Waals surface area contributed by atoms with E-state index in [9.17, 15) is 5.11 Å². The average Bonchev–Trinajstić information content (AvgIpc) is 2.55. The third kappa shape index (κ3) is 2.36. The van der Waals surface area contributed by atoms with Crippen LogP contribution in [-0.4, -0.2) is 22.6 Å². The molecule has 1 aliphatic heterocycles. The van der Waals surface area contributed by atoms with Crippen LogP contribution in [-0.2, 0) is 18.4 Å². The van der Waals surface area contributed by atoms with Crippen molar-refractivity contribution in [1.29, 1.82) is 0 Å². The minimum Gasteiger partial charge on any atom is -0.508 e. The lowest BCUT2D eigenvalue weighted by atomic mass is 9.59. The molecule has 2 aromatic rings. The molecule has 120 valence electrons. The maximum absolute atomic E-state index is 9.92. The van der Waals surface area contributed by atoms with Crippen molar-refractivity contribution in [3.8, 4) is 5.75 Å². The summed E-state index contributed by atoms with van der Waals surface area (Å²) in [7, 11) is 0. The van der Waals surface area contributed by atoms with Gasteiger partial charge in [-0.1, -0.05) is 50.2 Å². The van der Waals surface area contributed by atoms with E-state index in [2.05, 4.69) is 55.1 Å². The second-order valence-electron chi connectivity index (χ2n) is 7.53. The largest absolute Gasteiger partial charge is 0.508 e. The lowest BCUT2D eigenvalue weighted by molar-refractivity contribution is 0.0258. The Morgan fingerprint density at radius 1 is 1.17 bits per heavy atom. The van der Waals surface area contributed by atoms with Crippen LogP contribution in [0.15, 0.2) is 48.5 Å². The molecule has 1 fully saturated rings. The van der Waals surface area contributed by atoms with Crippen LogP contribution in [0, 0.1) is 5.92 Å². The first-order valence-electron chi connectivity index (χ1n) is 8.68. The van der Waals surface area contributed by atoms with Gasteiger partial charge in [-0.2, -0.15) is 0 Å². The Morgan fingerprint density at radius 2 is 1.96 bits per heavy atom. The standard InChI is InChI=1S/C21H25NO/c1-15-20-12-17-8-9-18(23)13-19(17)21(15,2)10-11-22(20)14-16-6-4-3-5-7-16/h3-9,13,15,20,23H,10-12,14H2,1-2H3/t15?,20?,21-/m1/s1. The molecule has 2 aliphatic rings. The molecule has 0 saturated carbocycles. The molecule has 2 heteroatoms. The van der Waals surface area contributed by atoms with Gasteiger partial charge in [-0.3, -0.25) is 4.90 Å². The first kappa shape index (κ1) is 14.8. The smallest absolute Gasteiger partial charge is 0.115 e. The highest BCUT2D eigenvalue weighted by Crippen LogP contribution is 2.49. The Kier molecular flexibility index (Phi) is 3.46. The molecule has 0 spiro atoms. The van der Waals surface area contributed by atoms with E-state index in [4.69, 9.17) is 0 Å². The van der Waals surface area contributed by atoms with Gasteiger partial charge in [0, 0.05) is 12.6 Å². The van der Waals surface area contributed by atoms with E-state index in [0.29, 0.717) is 17.7 Å². The molecule has 2 bridgehead atoms. The zero-order valence-corrected chi connectivity index (χ0v) is 14.0. The Balaban J connectivity index is 1.67. The first-order chi connectivity index (χ1) is 11.1. The van der Waals surface area contributed by atoms with Crippen molar-refractivity contribution in [1.82, 2.24) is 4.90 Å². The predicted octanol–water partition coefficient (Wildman–Crippen LogP) is 4.12. The van der Waals surface area contributed by atoms with Crippen LogP contribution < -0.4 is 0 Å². The highest BCUT2D eigenvalue weighted by molar-refractivity contribution is 5.44. The van der Waals surface area contributed by atoms with Crippen LogP contribution in [0.5, 0.6) is 5.75 Å². The zero-order chi connectivity index (χ0) is 16.0. The summed E-state index contributed by atoms with van der Waals surface area (Å²) in [5.41, 5.74) is 4.39. The summed E-state index contributed by atoms with van der Waals surface area (Å²) in [6, 6.07) is 17.4. The molecule has 1 aliphatic carbocycles. The van der Waals surface area contributed by atoms with Crippen LogP contribution in [0.2, 0.25) is 0 Å². The van der Waals surface area contributed by atoms with Crippen LogP contribution in [0.3, 0.4) is 0 Å². The molecule has 2 unspecified atom stereocenters. The molecule has 2 aromatic carbocycles. The molecular formula is C21H25NO. The summed E-state index contributed by atoms with van der Waals surface area (Å²) in [5, 5.41) is 9.92. The zero-order valence-electron chi connectivity index (χ0n) is 14.0. The van der Waals surface area contributed by atoms with Crippen molar-refractivity contribution in [2.24, 2.45) is 5.92 Å². The normalized spacial score (nSPS) is 30.0. The third-order valence-corrected chi connectivity index (χ3v) is 6.34. The maximum Gasteiger partial charge on any atom is 0.115 e. The van der Waals surface area contributed by atoms with E-state index in [1.54, 1.807) is 0 Å². The predicted molar refractivity (Wildman–Crippen MR) is 93.6 cm³/mol. The summed E-state index contributed by atoms with van der Waals surface area (Å²) in [4.78, 5) is 2.66. The number of nitrogens with zero attached hydrogens (tertiary/aromatic N) is 1. The molecule has 0 radical (unpaired) electrons. The summed E-state index contributed by atoms with van der Waals surface area (Å²) >= 11 is 0. The SMILES string of the molecule is CC1C2Cc3ccc(O)cc3[C@]1(C)CCN2Cc1ccccc1. The Hall–Kier alpha value is -1.80. The van der Waals surface area contributed by atoms with E-state index in [1.807, 2.05) is 12.1 Å². The molecule has 23 heavy (non-hydrogen) atoms.